The van der Waals surface area contributed by atoms with Gasteiger partial charge in [0.2, 0.25) is 5.88 Å². The lowest BCUT2D eigenvalue weighted by molar-refractivity contribution is -0.190. The molecule has 1 heterocycles. The number of benzene rings is 1. The summed E-state index contributed by atoms with van der Waals surface area (Å²) in [7, 11) is 2.57. The third-order valence-electron chi connectivity index (χ3n) is 3.39. The summed E-state index contributed by atoms with van der Waals surface area (Å²) in [6.45, 7) is 0.857. The van der Waals surface area contributed by atoms with Gasteiger partial charge < -0.3 is 18.9 Å². The zero-order valence-electron chi connectivity index (χ0n) is 15.2. The molecule has 150 valence electrons. The highest BCUT2D eigenvalue weighted by molar-refractivity contribution is 6.17. The number of hydrogen-bond acceptors (Lipinski definition) is 7. The number of alkyl halides is 3. The predicted octanol–water partition coefficient (Wildman–Crippen LogP) is 3.76. The molecule has 0 bridgehead atoms. The smallest absolute Gasteiger partial charge is 0.425 e. The second-order valence-electron chi connectivity index (χ2n) is 5.34. The number of carbonyl (C=O) groups is 1. The third kappa shape index (κ3) is 5.35. The van der Waals surface area contributed by atoms with Crippen LogP contribution < -0.4 is 9.47 Å². The molecule has 0 amide bonds. The number of aromatic nitrogens is 2. The van der Waals surface area contributed by atoms with Gasteiger partial charge in [-0.2, -0.15) is 18.2 Å². The van der Waals surface area contributed by atoms with Crippen LogP contribution in [-0.4, -0.2) is 42.4 Å². The molecule has 0 saturated heterocycles. The van der Waals surface area contributed by atoms with Crippen molar-refractivity contribution >= 4 is 11.5 Å². The fourth-order valence-electron chi connectivity index (χ4n) is 2.01. The maximum atomic E-state index is 12.6. The molecule has 1 aromatic heterocycles. The van der Waals surface area contributed by atoms with Crippen LogP contribution in [0.15, 0.2) is 42.8 Å². The molecule has 1 aromatic carbocycles. The number of rotatable bonds is 7. The van der Waals surface area contributed by atoms with Crippen molar-refractivity contribution in [1.82, 2.24) is 9.97 Å². The summed E-state index contributed by atoms with van der Waals surface area (Å²) in [6.07, 6.45) is -4.23. The van der Waals surface area contributed by atoms with Gasteiger partial charge in [0.05, 0.1) is 20.5 Å². The number of hydrogen-bond donors (Lipinski definition) is 0. The maximum Gasteiger partial charge on any atom is 0.425 e. The molecule has 7 nitrogen and oxygen atoms in total. The molecular formula is C18H17F3N2O5. The number of para-hydroxylation sites is 1. The Kier molecular flexibility index (Phi) is 6.80. The number of nitrogens with zero attached hydrogens (tertiary/aromatic N) is 2. The standard InChI is InChI=1S/C18H17F3N2O5/c1-11(18(19,20)21)27-15-8-9-22-17(23-15)28-14-7-5-4-6-12(14)13(10-25-2)16(24)26-3/h4-11H,1-3H3/b13-10+. The predicted molar refractivity (Wildman–Crippen MR) is 91.7 cm³/mol. The van der Waals surface area contributed by atoms with Gasteiger partial charge in [0.15, 0.2) is 6.10 Å². The summed E-state index contributed by atoms with van der Waals surface area (Å²) < 4.78 is 57.9. The lowest BCUT2D eigenvalue weighted by Crippen LogP contribution is -2.31. The molecule has 10 heteroatoms. The van der Waals surface area contributed by atoms with Crippen LogP contribution in [0.2, 0.25) is 0 Å². The van der Waals surface area contributed by atoms with Crippen LogP contribution >= 0.6 is 0 Å². The van der Waals surface area contributed by atoms with E-state index in [0.29, 0.717) is 5.56 Å². The van der Waals surface area contributed by atoms with Crippen molar-refractivity contribution in [3.63, 3.8) is 0 Å². The van der Waals surface area contributed by atoms with Crippen molar-refractivity contribution in [2.24, 2.45) is 0 Å². The minimum absolute atomic E-state index is 0.0682. The van der Waals surface area contributed by atoms with Crippen LogP contribution in [0.1, 0.15) is 12.5 Å². The minimum atomic E-state index is -4.54. The molecule has 2 aromatic rings. The second kappa shape index (κ2) is 9.07. The van der Waals surface area contributed by atoms with Crippen LogP contribution in [0.25, 0.3) is 5.57 Å². The normalized spacial score (nSPS) is 12.9. The minimum Gasteiger partial charge on any atom is -0.503 e. The average Bonchev–Trinajstić information content (AvgIpc) is 2.66. The Balaban J connectivity index is 2.31. The van der Waals surface area contributed by atoms with Gasteiger partial charge >= 0.3 is 18.2 Å². The molecule has 0 radical (unpaired) electrons. The van der Waals surface area contributed by atoms with Gasteiger partial charge in [0.1, 0.15) is 11.3 Å². The molecule has 28 heavy (non-hydrogen) atoms. The summed E-state index contributed by atoms with van der Waals surface area (Å²) in [5, 5.41) is 0. The van der Waals surface area contributed by atoms with Crippen molar-refractivity contribution in [3.05, 3.63) is 48.4 Å². The molecule has 0 fully saturated rings. The van der Waals surface area contributed by atoms with Crippen LogP contribution in [0.4, 0.5) is 13.2 Å². The number of methoxy groups -OCH3 is 2. The number of esters is 1. The van der Waals surface area contributed by atoms with Crippen LogP contribution in [-0.2, 0) is 14.3 Å². The first kappa shape index (κ1) is 21.0. The summed E-state index contributed by atoms with van der Waals surface area (Å²) in [6, 6.07) is 7.29. The van der Waals surface area contributed by atoms with E-state index in [2.05, 4.69) is 9.97 Å². The summed E-state index contributed by atoms with van der Waals surface area (Å²) in [5.74, 6) is -0.819. The maximum absolute atomic E-state index is 12.6. The summed E-state index contributed by atoms with van der Waals surface area (Å²) in [4.78, 5) is 19.7. The van der Waals surface area contributed by atoms with Crippen molar-refractivity contribution in [2.75, 3.05) is 14.2 Å². The number of ether oxygens (including phenoxy) is 4. The second-order valence-corrected chi connectivity index (χ2v) is 5.34. The fourth-order valence-corrected chi connectivity index (χ4v) is 2.01. The van der Waals surface area contributed by atoms with Crippen molar-refractivity contribution < 1.29 is 36.9 Å². The molecular weight excluding hydrogens is 381 g/mol. The Morgan fingerprint density at radius 1 is 1.18 bits per heavy atom. The molecule has 1 atom stereocenters. The van der Waals surface area contributed by atoms with Gasteiger partial charge in [-0.3, -0.25) is 0 Å². The molecule has 1 unspecified atom stereocenters. The van der Waals surface area contributed by atoms with Crippen LogP contribution in [0, 0.1) is 0 Å². The van der Waals surface area contributed by atoms with Gasteiger partial charge in [0.25, 0.3) is 0 Å². The topological polar surface area (TPSA) is 79.8 Å². The van der Waals surface area contributed by atoms with E-state index in [0.717, 1.165) is 6.92 Å². The first-order valence-corrected chi connectivity index (χ1v) is 7.91. The molecule has 2 rings (SSSR count). The van der Waals surface area contributed by atoms with Crippen molar-refractivity contribution in [2.45, 2.75) is 19.2 Å². The average molecular weight is 398 g/mol. The SMILES string of the molecule is CO/C=C(/C(=O)OC)c1ccccc1Oc1nccc(OC(C)C(F)(F)F)n1. The summed E-state index contributed by atoms with van der Waals surface area (Å²) in [5.41, 5.74) is 0.383. The van der Waals surface area contributed by atoms with Gasteiger partial charge in [-0.25, -0.2) is 9.78 Å². The van der Waals surface area contributed by atoms with E-state index in [-0.39, 0.29) is 23.2 Å². The highest BCUT2D eigenvalue weighted by Gasteiger charge is 2.38. The molecule has 0 aliphatic carbocycles. The van der Waals surface area contributed by atoms with Crippen molar-refractivity contribution in [1.29, 1.82) is 0 Å². The summed E-state index contributed by atoms with van der Waals surface area (Å²) >= 11 is 0. The Bertz CT molecular complexity index is 855. The van der Waals surface area contributed by atoms with Gasteiger partial charge in [0, 0.05) is 17.8 Å². The fraction of sp³-hybridized carbons (Fsp3) is 0.278. The monoisotopic (exact) mass is 398 g/mol. The van der Waals surface area contributed by atoms with E-state index in [1.54, 1.807) is 18.2 Å². The van der Waals surface area contributed by atoms with Crippen LogP contribution in [0.5, 0.6) is 17.6 Å². The lowest BCUT2D eigenvalue weighted by Gasteiger charge is -2.17. The van der Waals surface area contributed by atoms with Gasteiger partial charge in [-0.1, -0.05) is 18.2 Å². The lowest BCUT2D eigenvalue weighted by atomic mass is 10.1. The third-order valence-corrected chi connectivity index (χ3v) is 3.39. The van der Waals surface area contributed by atoms with E-state index in [1.165, 1.54) is 38.8 Å². The first-order chi connectivity index (χ1) is 13.3. The molecule has 0 spiro atoms. The highest BCUT2D eigenvalue weighted by Crippen LogP contribution is 2.30. The molecule has 0 aliphatic heterocycles. The van der Waals surface area contributed by atoms with Crippen molar-refractivity contribution in [3.8, 4) is 17.6 Å². The van der Waals surface area contributed by atoms with Gasteiger partial charge in [-0.15, -0.1) is 0 Å². The Morgan fingerprint density at radius 3 is 2.54 bits per heavy atom. The quantitative estimate of drug-likeness (QED) is 0.399. The first-order valence-electron chi connectivity index (χ1n) is 7.91. The molecule has 0 aliphatic rings. The van der Waals surface area contributed by atoms with E-state index < -0.39 is 18.2 Å². The largest absolute Gasteiger partial charge is 0.503 e. The highest BCUT2D eigenvalue weighted by atomic mass is 19.4. The van der Waals surface area contributed by atoms with E-state index >= 15 is 0 Å². The Labute approximate surface area is 158 Å². The number of halogens is 3. The van der Waals surface area contributed by atoms with E-state index in [1.807, 2.05) is 0 Å². The molecule has 0 saturated carbocycles. The Morgan fingerprint density at radius 2 is 1.89 bits per heavy atom. The van der Waals surface area contributed by atoms with Gasteiger partial charge in [-0.05, 0) is 13.0 Å². The Hall–Kier alpha value is -3.30. The number of carbonyl (C=O) groups excluding carboxylic acids is 1. The zero-order chi connectivity index (χ0) is 20.7. The van der Waals surface area contributed by atoms with Crippen LogP contribution in [0.3, 0.4) is 0 Å². The molecule has 0 N–H and O–H groups in total. The van der Waals surface area contributed by atoms with E-state index in [4.69, 9.17) is 18.9 Å². The zero-order valence-corrected chi connectivity index (χ0v) is 15.2. The van der Waals surface area contributed by atoms with E-state index in [9.17, 15) is 18.0 Å².